The maximum atomic E-state index is 11.4. The Kier molecular flexibility index (Phi) is 6.73. The number of aromatic carboxylic acids is 1. The Balaban J connectivity index is 2.30. The summed E-state index contributed by atoms with van der Waals surface area (Å²) in [6.45, 7) is 2.59. The van der Waals surface area contributed by atoms with Crippen molar-refractivity contribution in [2.24, 2.45) is 0 Å². The van der Waals surface area contributed by atoms with E-state index in [1.807, 2.05) is 0 Å². The fourth-order valence-electron chi connectivity index (χ4n) is 1.66. The van der Waals surface area contributed by atoms with Gasteiger partial charge in [0.1, 0.15) is 0 Å². The maximum Gasteiger partial charge on any atom is 0.335 e. The highest BCUT2D eigenvalue weighted by atomic mass is 16.4. The van der Waals surface area contributed by atoms with Crippen molar-refractivity contribution in [3.8, 4) is 0 Å². The topological polar surface area (TPSA) is 108 Å². The van der Waals surface area contributed by atoms with Crippen LogP contribution in [0.25, 0.3) is 0 Å². The summed E-state index contributed by atoms with van der Waals surface area (Å²) in [5, 5.41) is 16.5. The predicted octanol–water partition coefficient (Wildman–Crippen LogP) is 0.363. The third-order valence-corrected chi connectivity index (χ3v) is 2.66. The number of nitrogens with one attached hydrogen (secondary N) is 3. The molecule has 21 heavy (non-hydrogen) atoms. The van der Waals surface area contributed by atoms with Crippen molar-refractivity contribution in [2.45, 2.75) is 13.3 Å². The minimum atomic E-state index is -0.982. The Morgan fingerprint density at radius 2 is 1.90 bits per heavy atom. The zero-order valence-corrected chi connectivity index (χ0v) is 11.8. The Morgan fingerprint density at radius 1 is 1.14 bits per heavy atom. The first-order valence-electron chi connectivity index (χ1n) is 6.63. The van der Waals surface area contributed by atoms with Crippen molar-refractivity contribution < 1.29 is 19.5 Å². The molecule has 0 heterocycles. The Bertz CT molecular complexity index is 517. The Labute approximate surface area is 122 Å². The van der Waals surface area contributed by atoms with E-state index in [2.05, 4.69) is 16.0 Å². The number of hydrogen-bond donors (Lipinski definition) is 4. The largest absolute Gasteiger partial charge is 0.478 e. The van der Waals surface area contributed by atoms with Crippen LogP contribution in [-0.2, 0) is 11.2 Å². The molecule has 0 unspecified atom stereocenters. The van der Waals surface area contributed by atoms with E-state index in [4.69, 9.17) is 5.11 Å². The van der Waals surface area contributed by atoms with Gasteiger partial charge in [-0.25, -0.2) is 9.59 Å². The first-order valence-corrected chi connectivity index (χ1v) is 6.63. The average molecular weight is 293 g/mol. The molecule has 0 saturated heterocycles. The van der Waals surface area contributed by atoms with Crippen LogP contribution >= 0.6 is 0 Å². The highest BCUT2D eigenvalue weighted by Crippen LogP contribution is 2.05. The molecule has 0 aromatic heterocycles. The summed E-state index contributed by atoms with van der Waals surface area (Å²) in [6, 6.07) is 6.10. The molecule has 0 aliphatic rings. The van der Waals surface area contributed by atoms with Crippen molar-refractivity contribution in [3.05, 3.63) is 35.4 Å². The number of benzene rings is 1. The van der Waals surface area contributed by atoms with E-state index in [0.717, 1.165) is 5.56 Å². The fourth-order valence-corrected chi connectivity index (χ4v) is 1.66. The third kappa shape index (κ3) is 6.42. The lowest BCUT2D eigenvalue weighted by Gasteiger charge is -2.08. The molecule has 0 atom stereocenters. The van der Waals surface area contributed by atoms with E-state index >= 15 is 0 Å². The maximum absolute atomic E-state index is 11.4. The summed E-state index contributed by atoms with van der Waals surface area (Å²) in [5.41, 5.74) is 1.03. The second kappa shape index (κ2) is 8.57. The van der Waals surface area contributed by atoms with Gasteiger partial charge in [0, 0.05) is 13.1 Å². The number of carboxylic acid groups (broad SMARTS) is 1. The molecule has 3 amide bonds. The fraction of sp³-hybridized carbons (Fsp3) is 0.357. The summed E-state index contributed by atoms with van der Waals surface area (Å²) in [6.07, 6.45) is 0.510. The average Bonchev–Trinajstić information content (AvgIpc) is 2.46. The van der Waals surface area contributed by atoms with Crippen LogP contribution in [-0.4, -0.2) is 42.6 Å². The van der Waals surface area contributed by atoms with Crippen LogP contribution in [0.1, 0.15) is 22.8 Å². The second-order valence-corrected chi connectivity index (χ2v) is 4.32. The highest BCUT2D eigenvalue weighted by molar-refractivity contribution is 5.87. The van der Waals surface area contributed by atoms with Gasteiger partial charge in [-0.2, -0.15) is 0 Å². The molecule has 4 N–H and O–H groups in total. The first-order chi connectivity index (χ1) is 10.0. The van der Waals surface area contributed by atoms with Gasteiger partial charge in [0.05, 0.1) is 12.1 Å². The molecule has 7 nitrogen and oxygen atoms in total. The lowest BCUT2D eigenvalue weighted by atomic mass is 10.1. The van der Waals surface area contributed by atoms with Crippen molar-refractivity contribution in [1.29, 1.82) is 0 Å². The van der Waals surface area contributed by atoms with E-state index in [9.17, 15) is 14.4 Å². The molecule has 0 radical (unpaired) electrons. The second-order valence-electron chi connectivity index (χ2n) is 4.32. The molecule has 7 heteroatoms. The summed E-state index contributed by atoms with van der Waals surface area (Å²) in [4.78, 5) is 33.4. The van der Waals surface area contributed by atoms with E-state index in [1.54, 1.807) is 25.1 Å². The minimum absolute atomic E-state index is 0.0752. The Hall–Kier alpha value is -2.57. The number of hydrogen-bond acceptors (Lipinski definition) is 3. The van der Waals surface area contributed by atoms with Gasteiger partial charge < -0.3 is 21.1 Å². The lowest BCUT2D eigenvalue weighted by molar-refractivity contribution is -0.119. The molecule has 114 valence electrons. The first kappa shape index (κ1) is 16.5. The molecule has 1 aromatic carbocycles. The number of carboxylic acids is 1. The quantitative estimate of drug-likeness (QED) is 0.582. The van der Waals surface area contributed by atoms with Crippen LogP contribution < -0.4 is 16.0 Å². The van der Waals surface area contributed by atoms with Gasteiger partial charge in [0.2, 0.25) is 5.91 Å². The van der Waals surface area contributed by atoms with Gasteiger partial charge in [-0.3, -0.25) is 4.79 Å². The number of carbonyl (C=O) groups excluding carboxylic acids is 2. The SMILES string of the molecule is CCNC(=O)CNC(=O)NCCc1cccc(C(=O)O)c1. The Morgan fingerprint density at radius 3 is 2.57 bits per heavy atom. The zero-order valence-electron chi connectivity index (χ0n) is 11.8. The van der Waals surface area contributed by atoms with Crippen LogP contribution in [0.2, 0.25) is 0 Å². The van der Waals surface area contributed by atoms with Crippen molar-refractivity contribution in [3.63, 3.8) is 0 Å². The molecule has 0 aliphatic carbocycles. The number of urea groups is 1. The molecule has 0 fully saturated rings. The van der Waals surface area contributed by atoms with Gasteiger partial charge in [-0.05, 0) is 31.0 Å². The lowest BCUT2D eigenvalue weighted by Crippen LogP contribution is -2.42. The number of amides is 3. The molecule has 0 bridgehead atoms. The smallest absolute Gasteiger partial charge is 0.335 e. The van der Waals surface area contributed by atoms with Gasteiger partial charge in [0.25, 0.3) is 0 Å². The molecular formula is C14H19N3O4. The van der Waals surface area contributed by atoms with Crippen LogP contribution in [0, 0.1) is 0 Å². The van der Waals surface area contributed by atoms with E-state index in [0.29, 0.717) is 19.5 Å². The summed E-state index contributed by atoms with van der Waals surface area (Å²) >= 11 is 0. The molecule has 1 aromatic rings. The van der Waals surface area contributed by atoms with Gasteiger partial charge in [0.15, 0.2) is 0 Å². The van der Waals surface area contributed by atoms with E-state index in [1.165, 1.54) is 6.07 Å². The van der Waals surface area contributed by atoms with Crippen LogP contribution in [0.3, 0.4) is 0 Å². The standard InChI is InChI=1S/C14H19N3O4/c1-2-15-12(18)9-17-14(21)16-7-6-10-4-3-5-11(8-10)13(19)20/h3-5,8H,2,6-7,9H2,1H3,(H,15,18)(H,19,20)(H2,16,17,21). The van der Waals surface area contributed by atoms with E-state index in [-0.39, 0.29) is 18.0 Å². The summed E-state index contributed by atoms with van der Waals surface area (Å²) in [5.74, 6) is -1.23. The van der Waals surface area contributed by atoms with Crippen LogP contribution in [0.4, 0.5) is 4.79 Å². The van der Waals surface area contributed by atoms with Gasteiger partial charge >= 0.3 is 12.0 Å². The van der Waals surface area contributed by atoms with Crippen LogP contribution in [0.5, 0.6) is 0 Å². The van der Waals surface area contributed by atoms with Crippen molar-refractivity contribution >= 4 is 17.9 Å². The number of likely N-dealkylation sites (N-methyl/N-ethyl adjacent to an activating group) is 1. The molecular weight excluding hydrogens is 274 g/mol. The number of carbonyl (C=O) groups is 3. The molecule has 0 aliphatic heterocycles. The van der Waals surface area contributed by atoms with Crippen molar-refractivity contribution in [2.75, 3.05) is 19.6 Å². The third-order valence-electron chi connectivity index (χ3n) is 2.66. The number of rotatable bonds is 7. The highest BCUT2D eigenvalue weighted by Gasteiger charge is 2.05. The molecule has 0 saturated carbocycles. The predicted molar refractivity (Wildman–Crippen MR) is 77.2 cm³/mol. The minimum Gasteiger partial charge on any atom is -0.478 e. The zero-order chi connectivity index (χ0) is 15.7. The molecule has 1 rings (SSSR count). The monoisotopic (exact) mass is 293 g/mol. The van der Waals surface area contributed by atoms with Crippen molar-refractivity contribution in [1.82, 2.24) is 16.0 Å². The molecule has 0 spiro atoms. The van der Waals surface area contributed by atoms with Crippen LogP contribution in [0.15, 0.2) is 24.3 Å². The van der Waals surface area contributed by atoms with Gasteiger partial charge in [-0.15, -0.1) is 0 Å². The van der Waals surface area contributed by atoms with Gasteiger partial charge in [-0.1, -0.05) is 12.1 Å². The summed E-state index contributed by atoms with van der Waals surface area (Å²) in [7, 11) is 0. The summed E-state index contributed by atoms with van der Waals surface area (Å²) < 4.78 is 0. The van der Waals surface area contributed by atoms with E-state index < -0.39 is 12.0 Å². The normalized spacial score (nSPS) is 9.76.